The third-order valence-corrected chi connectivity index (χ3v) is 3.75. The fraction of sp³-hybridized carbons (Fsp3) is 0.333. The number of rotatable bonds is 2. The Morgan fingerprint density at radius 1 is 1.24 bits per heavy atom. The lowest BCUT2D eigenvalue weighted by atomic mass is 9.87. The average Bonchev–Trinajstić information content (AvgIpc) is 2.76. The Bertz CT molecular complexity index is 743. The second-order valence-corrected chi connectivity index (χ2v) is 5.52. The monoisotopic (exact) mass is 289 g/mol. The van der Waals surface area contributed by atoms with Gasteiger partial charge in [0, 0.05) is 18.4 Å². The Kier molecular flexibility index (Phi) is 3.16. The Morgan fingerprint density at radius 2 is 1.90 bits per heavy atom. The van der Waals surface area contributed by atoms with Crippen molar-refractivity contribution >= 4 is 11.7 Å². The Labute approximate surface area is 120 Å². The van der Waals surface area contributed by atoms with Gasteiger partial charge in [-0.05, 0) is 31.5 Å². The molecule has 1 amide bonds. The van der Waals surface area contributed by atoms with Crippen LogP contribution in [0.4, 0.5) is 10.2 Å². The molecule has 1 aromatic heterocycles. The summed E-state index contributed by atoms with van der Waals surface area (Å²) in [4.78, 5) is 24.2. The zero-order chi connectivity index (χ0) is 15.1. The van der Waals surface area contributed by atoms with Crippen molar-refractivity contribution in [1.29, 1.82) is 0 Å². The van der Waals surface area contributed by atoms with Crippen molar-refractivity contribution in [2.24, 2.45) is 0 Å². The summed E-state index contributed by atoms with van der Waals surface area (Å²) >= 11 is 0. The largest absolute Gasteiger partial charge is 0.311 e. The maximum atomic E-state index is 13.1. The molecule has 3 rings (SSSR count). The van der Waals surface area contributed by atoms with E-state index in [0.29, 0.717) is 11.4 Å². The summed E-state index contributed by atoms with van der Waals surface area (Å²) < 4.78 is 14.7. The van der Waals surface area contributed by atoms with Gasteiger partial charge in [-0.15, -0.1) is 0 Å². The summed E-state index contributed by atoms with van der Waals surface area (Å²) in [5, 5.41) is 5.52. The molecule has 1 aromatic carbocycles. The smallest absolute Gasteiger partial charge is 0.270 e. The molecule has 0 spiro atoms. The molecule has 5 nitrogen and oxygen atoms in total. The van der Waals surface area contributed by atoms with Gasteiger partial charge in [-0.25, -0.2) is 4.39 Å². The molecule has 0 radical (unpaired) electrons. The highest BCUT2D eigenvalue weighted by Gasteiger charge is 2.32. The maximum Gasteiger partial charge on any atom is 0.270 e. The summed E-state index contributed by atoms with van der Waals surface area (Å²) in [6, 6.07) is 5.95. The van der Waals surface area contributed by atoms with E-state index in [1.165, 1.54) is 12.1 Å². The zero-order valence-electron chi connectivity index (χ0n) is 11.8. The normalized spacial score (nSPS) is 17.7. The highest BCUT2D eigenvalue weighted by molar-refractivity contribution is 5.94. The summed E-state index contributed by atoms with van der Waals surface area (Å²) in [6.07, 6.45) is 0.184. The van der Waals surface area contributed by atoms with Crippen molar-refractivity contribution in [2.75, 3.05) is 5.32 Å². The highest BCUT2D eigenvalue weighted by atomic mass is 19.1. The van der Waals surface area contributed by atoms with Crippen LogP contribution in [0.1, 0.15) is 43.4 Å². The quantitative estimate of drug-likeness (QED) is 0.891. The molecule has 1 aliphatic heterocycles. The number of aromatic amines is 1. The van der Waals surface area contributed by atoms with Gasteiger partial charge in [0.15, 0.2) is 0 Å². The predicted molar refractivity (Wildman–Crippen MR) is 76.9 cm³/mol. The van der Waals surface area contributed by atoms with Crippen molar-refractivity contribution < 1.29 is 9.18 Å². The number of amides is 1. The third-order valence-electron chi connectivity index (χ3n) is 3.75. The molecule has 0 aliphatic carbocycles. The van der Waals surface area contributed by atoms with Crippen LogP contribution in [-0.2, 0) is 4.79 Å². The van der Waals surface area contributed by atoms with Crippen molar-refractivity contribution in [3.63, 3.8) is 0 Å². The van der Waals surface area contributed by atoms with Gasteiger partial charge in [0.25, 0.3) is 5.56 Å². The molecule has 0 saturated carbocycles. The summed E-state index contributed by atoms with van der Waals surface area (Å²) in [5.74, 6) is -0.322. The van der Waals surface area contributed by atoms with Crippen LogP contribution in [0.3, 0.4) is 0 Å². The predicted octanol–water partition coefficient (Wildman–Crippen LogP) is 2.37. The van der Waals surface area contributed by atoms with E-state index >= 15 is 0 Å². The van der Waals surface area contributed by atoms with Crippen molar-refractivity contribution in [2.45, 2.75) is 32.2 Å². The average molecular weight is 289 g/mol. The van der Waals surface area contributed by atoms with Gasteiger partial charge in [0.05, 0.1) is 5.56 Å². The number of anilines is 1. The number of nitrogens with one attached hydrogen (secondary N) is 2. The lowest BCUT2D eigenvalue weighted by Crippen LogP contribution is -2.27. The van der Waals surface area contributed by atoms with E-state index in [2.05, 4.69) is 10.4 Å². The van der Waals surface area contributed by atoms with Gasteiger partial charge >= 0.3 is 0 Å². The van der Waals surface area contributed by atoms with E-state index in [1.807, 2.05) is 13.8 Å². The fourth-order valence-corrected chi connectivity index (χ4v) is 2.75. The SMILES string of the molecule is CC(C)n1[nH]c(=O)c2c1NC(=O)CC2c1ccc(F)cc1. The molecule has 0 fully saturated rings. The van der Waals surface area contributed by atoms with Crippen LogP contribution in [0.15, 0.2) is 29.1 Å². The maximum absolute atomic E-state index is 13.1. The number of carbonyl (C=O) groups is 1. The van der Waals surface area contributed by atoms with Crippen LogP contribution in [0.25, 0.3) is 0 Å². The van der Waals surface area contributed by atoms with Crippen LogP contribution in [0, 0.1) is 5.82 Å². The first-order valence-electron chi connectivity index (χ1n) is 6.87. The number of fused-ring (bicyclic) bond motifs is 1. The molecule has 1 aliphatic rings. The van der Waals surface area contributed by atoms with Gasteiger partial charge in [0.1, 0.15) is 11.6 Å². The minimum Gasteiger partial charge on any atom is -0.311 e. The number of benzene rings is 1. The molecule has 2 aromatic rings. The van der Waals surface area contributed by atoms with Gasteiger partial charge < -0.3 is 5.32 Å². The molecule has 2 N–H and O–H groups in total. The highest BCUT2D eigenvalue weighted by Crippen LogP contribution is 2.35. The third kappa shape index (κ3) is 2.26. The molecule has 1 unspecified atom stereocenters. The number of halogens is 1. The van der Waals surface area contributed by atoms with E-state index in [9.17, 15) is 14.0 Å². The zero-order valence-corrected chi connectivity index (χ0v) is 11.8. The van der Waals surface area contributed by atoms with Crippen LogP contribution < -0.4 is 10.9 Å². The summed E-state index contributed by atoms with van der Waals surface area (Å²) in [6.45, 7) is 3.84. The second-order valence-electron chi connectivity index (χ2n) is 5.52. The number of hydrogen-bond acceptors (Lipinski definition) is 2. The number of aromatic nitrogens is 2. The lowest BCUT2D eigenvalue weighted by molar-refractivity contribution is -0.116. The van der Waals surface area contributed by atoms with E-state index in [4.69, 9.17) is 0 Å². The first-order valence-corrected chi connectivity index (χ1v) is 6.87. The van der Waals surface area contributed by atoms with E-state index in [-0.39, 0.29) is 35.7 Å². The standard InChI is InChI=1S/C15H16FN3O2/c1-8(2)19-14-13(15(21)18-19)11(7-12(20)17-14)9-3-5-10(16)6-4-9/h3-6,8,11H,7H2,1-2H3,(H,17,20)(H,18,21). The first kappa shape index (κ1) is 13.6. The molecule has 1 atom stereocenters. The molecule has 0 saturated heterocycles. The van der Waals surface area contributed by atoms with Crippen molar-refractivity contribution in [3.05, 3.63) is 51.6 Å². The Morgan fingerprint density at radius 3 is 2.52 bits per heavy atom. The number of carbonyl (C=O) groups excluding carboxylic acids is 1. The van der Waals surface area contributed by atoms with Gasteiger partial charge in [-0.1, -0.05) is 12.1 Å². The van der Waals surface area contributed by atoms with Crippen LogP contribution >= 0.6 is 0 Å². The minimum atomic E-state index is -0.349. The first-order chi connectivity index (χ1) is 9.97. The van der Waals surface area contributed by atoms with E-state index in [0.717, 1.165) is 5.56 Å². The Hall–Kier alpha value is -2.37. The van der Waals surface area contributed by atoms with Crippen molar-refractivity contribution in [3.8, 4) is 0 Å². The summed E-state index contributed by atoms with van der Waals surface area (Å²) in [5.41, 5.74) is 1.09. The molecule has 110 valence electrons. The van der Waals surface area contributed by atoms with E-state index < -0.39 is 0 Å². The van der Waals surface area contributed by atoms with Crippen LogP contribution in [0.5, 0.6) is 0 Å². The molecule has 0 bridgehead atoms. The van der Waals surface area contributed by atoms with E-state index in [1.54, 1.807) is 16.8 Å². The molecular formula is C15H16FN3O2. The Balaban J connectivity index is 2.16. The topological polar surface area (TPSA) is 66.9 Å². The number of H-pyrrole nitrogens is 1. The van der Waals surface area contributed by atoms with Gasteiger partial charge in [0.2, 0.25) is 5.91 Å². The lowest BCUT2D eigenvalue weighted by Gasteiger charge is -2.24. The molecule has 2 heterocycles. The van der Waals surface area contributed by atoms with Gasteiger partial charge in [-0.3, -0.25) is 19.4 Å². The second kappa shape index (κ2) is 4.87. The molecule has 6 heteroatoms. The van der Waals surface area contributed by atoms with Crippen LogP contribution in [-0.4, -0.2) is 15.7 Å². The van der Waals surface area contributed by atoms with Gasteiger partial charge in [-0.2, -0.15) is 0 Å². The van der Waals surface area contributed by atoms with Crippen molar-refractivity contribution in [1.82, 2.24) is 9.78 Å². The molecular weight excluding hydrogens is 273 g/mol. The number of nitrogens with zero attached hydrogens (tertiary/aromatic N) is 1. The number of hydrogen-bond donors (Lipinski definition) is 2. The fourth-order valence-electron chi connectivity index (χ4n) is 2.75. The molecule has 21 heavy (non-hydrogen) atoms. The minimum absolute atomic E-state index is 0.0220. The summed E-state index contributed by atoms with van der Waals surface area (Å²) in [7, 11) is 0. The van der Waals surface area contributed by atoms with Crippen LogP contribution in [0.2, 0.25) is 0 Å².